The molecular weight excluding hydrogens is 343 g/mol. The van der Waals surface area contributed by atoms with Crippen LogP contribution in [0.1, 0.15) is 39.1 Å². The maximum atomic E-state index is 12.8. The molecule has 0 aliphatic carbocycles. The number of rotatable bonds is 3. The number of benzene rings is 2. The van der Waals surface area contributed by atoms with E-state index in [0.29, 0.717) is 31.5 Å². The Kier molecular flexibility index (Phi) is 5.11. The van der Waals surface area contributed by atoms with Crippen molar-refractivity contribution in [3.05, 3.63) is 71.3 Å². The van der Waals surface area contributed by atoms with Crippen LogP contribution in [0.25, 0.3) is 0 Å². The van der Waals surface area contributed by atoms with Crippen LogP contribution in [0.5, 0.6) is 0 Å². The normalized spacial score (nSPS) is 15.7. The van der Waals surface area contributed by atoms with E-state index in [1.165, 1.54) is 17.0 Å². The number of alkyl halides is 3. The monoisotopic (exact) mass is 361 g/mol. The predicted octanol–water partition coefficient (Wildman–Crippen LogP) is 4.44. The zero-order valence-electron chi connectivity index (χ0n) is 14.0. The fourth-order valence-electron chi connectivity index (χ4n) is 3.19. The fraction of sp³-hybridized carbons (Fsp3) is 0.300. The van der Waals surface area contributed by atoms with Crippen LogP contribution in [0, 0.1) is 5.92 Å². The third kappa shape index (κ3) is 3.95. The number of ketones is 1. The molecule has 1 amide bonds. The first-order chi connectivity index (χ1) is 12.4. The molecule has 1 aliphatic rings. The molecule has 136 valence electrons. The molecule has 26 heavy (non-hydrogen) atoms. The van der Waals surface area contributed by atoms with Gasteiger partial charge in [-0.2, -0.15) is 13.2 Å². The molecule has 0 atom stereocenters. The zero-order chi connectivity index (χ0) is 18.7. The number of carbonyl (C=O) groups excluding carboxylic acids is 2. The molecule has 2 aromatic rings. The summed E-state index contributed by atoms with van der Waals surface area (Å²) in [7, 11) is 0. The number of nitrogens with zero attached hydrogens (tertiary/aromatic N) is 1. The minimum atomic E-state index is -4.48. The van der Waals surface area contributed by atoms with Crippen LogP contribution in [0.4, 0.5) is 13.2 Å². The quantitative estimate of drug-likeness (QED) is 0.758. The topological polar surface area (TPSA) is 37.4 Å². The lowest BCUT2D eigenvalue weighted by molar-refractivity contribution is -0.137. The van der Waals surface area contributed by atoms with Gasteiger partial charge in [0.25, 0.3) is 5.91 Å². The average molecular weight is 361 g/mol. The summed E-state index contributed by atoms with van der Waals surface area (Å²) >= 11 is 0. The van der Waals surface area contributed by atoms with Crippen molar-refractivity contribution in [1.82, 2.24) is 4.90 Å². The van der Waals surface area contributed by atoms with E-state index in [2.05, 4.69) is 0 Å². The van der Waals surface area contributed by atoms with Gasteiger partial charge in [-0.1, -0.05) is 36.4 Å². The number of Topliss-reactive ketones (excluding diaryl/α,β-unsaturated/α-hetero) is 1. The molecule has 0 spiro atoms. The standard InChI is InChI=1S/C20H18F3NO2/c21-20(22,23)17-8-4-7-16(13-17)19(26)24-11-9-15(10-12-24)18(25)14-5-2-1-3-6-14/h1-8,13,15H,9-12H2. The molecule has 1 saturated heterocycles. The summed E-state index contributed by atoms with van der Waals surface area (Å²) in [6.07, 6.45) is -3.46. The molecule has 0 saturated carbocycles. The van der Waals surface area contributed by atoms with Crippen LogP contribution in [0.3, 0.4) is 0 Å². The van der Waals surface area contributed by atoms with E-state index in [1.54, 1.807) is 24.3 Å². The van der Waals surface area contributed by atoms with Crippen molar-refractivity contribution in [2.45, 2.75) is 19.0 Å². The molecule has 1 fully saturated rings. The summed E-state index contributed by atoms with van der Waals surface area (Å²) in [6, 6.07) is 13.4. The average Bonchev–Trinajstić information content (AvgIpc) is 2.67. The van der Waals surface area contributed by atoms with Crippen molar-refractivity contribution in [2.75, 3.05) is 13.1 Å². The molecule has 0 unspecified atom stereocenters. The summed E-state index contributed by atoms with van der Waals surface area (Å²) in [5.74, 6) is -0.540. The molecule has 6 heteroatoms. The van der Waals surface area contributed by atoms with Gasteiger partial charge >= 0.3 is 6.18 Å². The van der Waals surface area contributed by atoms with E-state index in [9.17, 15) is 22.8 Å². The summed E-state index contributed by atoms with van der Waals surface area (Å²) < 4.78 is 38.4. The second kappa shape index (κ2) is 7.32. The Morgan fingerprint density at radius 2 is 1.50 bits per heavy atom. The third-order valence-corrected chi connectivity index (χ3v) is 4.65. The van der Waals surface area contributed by atoms with E-state index < -0.39 is 17.6 Å². The van der Waals surface area contributed by atoms with Gasteiger partial charge < -0.3 is 4.90 Å². The number of piperidine rings is 1. The number of amides is 1. The van der Waals surface area contributed by atoms with Gasteiger partial charge in [0.2, 0.25) is 0 Å². The van der Waals surface area contributed by atoms with E-state index in [1.807, 2.05) is 6.07 Å². The van der Waals surface area contributed by atoms with Crippen molar-refractivity contribution >= 4 is 11.7 Å². The second-order valence-electron chi connectivity index (χ2n) is 6.38. The van der Waals surface area contributed by atoms with Crippen molar-refractivity contribution in [2.24, 2.45) is 5.92 Å². The predicted molar refractivity (Wildman–Crippen MR) is 90.8 cm³/mol. The summed E-state index contributed by atoms with van der Waals surface area (Å²) in [6.45, 7) is 0.719. The zero-order valence-corrected chi connectivity index (χ0v) is 14.0. The van der Waals surface area contributed by atoms with Crippen LogP contribution in [0.2, 0.25) is 0 Å². The van der Waals surface area contributed by atoms with Crippen LogP contribution >= 0.6 is 0 Å². The highest BCUT2D eigenvalue weighted by Gasteiger charge is 2.32. The molecule has 0 bridgehead atoms. The lowest BCUT2D eigenvalue weighted by Gasteiger charge is -2.31. The Labute approximate surface area is 149 Å². The number of likely N-dealkylation sites (tertiary alicyclic amines) is 1. The van der Waals surface area contributed by atoms with Gasteiger partial charge in [-0.3, -0.25) is 9.59 Å². The second-order valence-corrected chi connectivity index (χ2v) is 6.38. The SMILES string of the molecule is O=C(c1ccccc1)C1CCN(C(=O)c2cccc(C(F)(F)F)c2)CC1. The number of hydrogen-bond donors (Lipinski definition) is 0. The Balaban J connectivity index is 1.65. The lowest BCUT2D eigenvalue weighted by Crippen LogP contribution is -2.40. The van der Waals surface area contributed by atoms with Crippen LogP contribution in [-0.4, -0.2) is 29.7 Å². The fourth-order valence-corrected chi connectivity index (χ4v) is 3.19. The van der Waals surface area contributed by atoms with E-state index >= 15 is 0 Å². The third-order valence-electron chi connectivity index (χ3n) is 4.65. The number of carbonyl (C=O) groups is 2. The molecule has 0 aromatic heterocycles. The Hall–Kier alpha value is -2.63. The first kappa shape index (κ1) is 18.2. The summed E-state index contributed by atoms with van der Waals surface area (Å²) in [4.78, 5) is 26.5. The van der Waals surface area contributed by atoms with E-state index in [-0.39, 0.29) is 17.3 Å². The Bertz CT molecular complexity index is 794. The minimum Gasteiger partial charge on any atom is -0.339 e. The van der Waals surface area contributed by atoms with Crippen molar-refractivity contribution < 1.29 is 22.8 Å². The van der Waals surface area contributed by atoms with Crippen molar-refractivity contribution in [3.8, 4) is 0 Å². The molecular formula is C20H18F3NO2. The number of hydrogen-bond acceptors (Lipinski definition) is 2. The smallest absolute Gasteiger partial charge is 0.339 e. The molecule has 3 rings (SSSR count). The van der Waals surface area contributed by atoms with Crippen LogP contribution in [0.15, 0.2) is 54.6 Å². The van der Waals surface area contributed by atoms with Gasteiger partial charge in [0.15, 0.2) is 5.78 Å². The van der Waals surface area contributed by atoms with Crippen molar-refractivity contribution in [3.63, 3.8) is 0 Å². The summed E-state index contributed by atoms with van der Waals surface area (Å²) in [5.41, 5.74) is -0.166. The summed E-state index contributed by atoms with van der Waals surface area (Å²) in [5, 5.41) is 0. The first-order valence-corrected chi connectivity index (χ1v) is 8.42. The van der Waals surface area contributed by atoms with Gasteiger partial charge in [0, 0.05) is 30.1 Å². The Morgan fingerprint density at radius 3 is 2.12 bits per heavy atom. The minimum absolute atomic E-state index is 0.0210. The van der Waals surface area contributed by atoms with Crippen molar-refractivity contribution in [1.29, 1.82) is 0 Å². The van der Waals surface area contributed by atoms with E-state index in [4.69, 9.17) is 0 Å². The maximum Gasteiger partial charge on any atom is 0.416 e. The van der Waals surface area contributed by atoms with Crippen LogP contribution in [-0.2, 0) is 6.18 Å². The Morgan fingerprint density at radius 1 is 0.885 bits per heavy atom. The van der Waals surface area contributed by atoms with Crippen LogP contribution < -0.4 is 0 Å². The highest BCUT2D eigenvalue weighted by atomic mass is 19.4. The molecule has 1 heterocycles. The molecule has 3 nitrogen and oxygen atoms in total. The molecule has 1 aliphatic heterocycles. The van der Waals surface area contributed by atoms with Gasteiger partial charge in [0.05, 0.1) is 5.56 Å². The lowest BCUT2D eigenvalue weighted by atomic mass is 9.88. The first-order valence-electron chi connectivity index (χ1n) is 8.42. The van der Waals surface area contributed by atoms with Gasteiger partial charge in [0.1, 0.15) is 0 Å². The maximum absolute atomic E-state index is 12.8. The highest BCUT2D eigenvalue weighted by Crippen LogP contribution is 2.30. The van der Waals surface area contributed by atoms with E-state index in [0.717, 1.165) is 12.1 Å². The molecule has 2 aromatic carbocycles. The largest absolute Gasteiger partial charge is 0.416 e. The molecule has 0 N–H and O–H groups in total. The number of halogens is 3. The molecule has 0 radical (unpaired) electrons. The highest BCUT2D eigenvalue weighted by molar-refractivity contribution is 5.98. The van der Waals surface area contributed by atoms with Gasteiger partial charge in [-0.15, -0.1) is 0 Å². The van der Waals surface area contributed by atoms with Gasteiger partial charge in [-0.05, 0) is 31.0 Å². The van der Waals surface area contributed by atoms with Gasteiger partial charge in [-0.25, -0.2) is 0 Å².